The van der Waals surface area contributed by atoms with E-state index in [4.69, 9.17) is 4.74 Å². The number of carbonyl (C=O) groups excluding carboxylic acids is 1. The number of nitrogens with zero attached hydrogens (tertiary/aromatic N) is 3. The molecule has 6 nitrogen and oxygen atoms in total. The van der Waals surface area contributed by atoms with Crippen LogP contribution in [-0.4, -0.2) is 33.2 Å². The first-order chi connectivity index (χ1) is 10.7. The third-order valence-corrected chi connectivity index (χ3v) is 4.25. The molecule has 0 amide bonds. The van der Waals surface area contributed by atoms with Crippen molar-refractivity contribution in [2.75, 3.05) is 7.11 Å². The van der Waals surface area contributed by atoms with E-state index in [-0.39, 0.29) is 5.97 Å². The Labute approximate surface area is 131 Å². The quantitative estimate of drug-likeness (QED) is 0.589. The number of methoxy groups -OCH3 is 1. The first-order valence-corrected chi connectivity index (χ1v) is 7.58. The molecule has 0 fully saturated rings. The Morgan fingerprint density at radius 3 is 2.73 bits per heavy atom. The standard InChI is InChI=1S/C15H14N4O2S/c1-3-11-12-13(19-18-11)16-8-17-14(12)22-10-6-4-9(5-7-10)15(20)21-2/h4-8H,3H2,1-2H3,(H,16,17,18,19). The molecule has 7 heteroatoms. The lowest BCUT2D eigenvalue weighted by Crippen LogP contribution is -2.00. The van der Waals surface area contributed by atoms with E-state index < -0.39 is 0 Å². The number of ether oxygens (including phenoxy) is 1. The van der Waals surface area contributed by atoms with Crippen molar-refractivity contribution in [3.63, 3.8) is 0 Å². The highest BCUT2D eigenvalue weighted by molar-refractivity contribution is 7.99. The van der Waals surface area contributed by atoms with Gasteiger partial charge in [-0.2, -0.15) is 5.10 Å². The summed E-state index contributed by atoms with van der Waals surface area (Å²) in [5.41, 5.74) is 2.21. The molecule has 0 aliphatic rings. The zero-order chi connectivity index (χ0) is 15.5. The molecule has 0 saturated carbocycles. The number of esters is 1. The Morgan fingerprint density at radius 1 is 1.27 bits per heavy atom. The second-order valence-electron chi connectivity index (χ2n) is 4.55. The van der Waals surface area contributed by atoms with Crippen molar-refractivity contribution >= 4 is 28.8 Å². The van der Waals surface area contributed by atoms with Crippen LogP contribution in [0.25, 0.3) is 11.0 Å². The Hall–Kier alpha value is -2.41. The summed E-state index contributed by atoms with van der Waals surface area (Å²) in [7, 11) is 1.37. The second kappa shape index (κ2) is 6.15. The SMILES string of the molecule is CCc1[nH]nc2ncnc(Sc3ccc(C(=O)OC)cc3)c12. The topological polar surface area (TPSA) is 80.8 Å². The zero-order valence-corrected chi connectivity index (χ0v) is 13.0. The molecule has 2 heterocycles. The van der Waals surface area contributed by atoms with Gasteiger partial charge in [-0.3, -0.25) is 5.10 Å². The molecule has 0 saturated heterocycles. The van der Waals surface area contributed by atoms with Crippen LogP contribution in [0.3, 0.4) is 0 Å². The van der Waals surface area contributed by atoms with Gasteiger partial charge in [-0.05, 0) is 30.7 Å². The lowest BCUT2D eigenvalue weighted by atomic mass is 10.2. The van der Waals surface area contributed by atoms with Crippen LogP contribution in [-0.2, 0) is 11.2 Å². The number of carbonyl (C=O) groups is 1. The number of benzene rings is 1. The highest BCUT2D eigenvalue weighted by Crippen LogP contribution is 2.32. The largest absolute Gasteiger partial charge is 0.465 e. The number of H-pyrrole nitrogens is 1. The fraction of sp³-hybridized carbons (Fsp3) is 0.200. The minimum Gasteiger partial charge on any atom is -0.465 e. The predicted molar refractivity (Wildman–Crippen MR) is 83.0 cm³/mol. The molecule has 3 aromatic rings. The van der Waals surface area contributed by atoms with Crippen molar-refractivity contribution in [1.82, 2.24) is 20.2 Å². The fourth-order valence-electron chi connectivity index (χ4n) is 2.11. The molecule has 2 aromatic heterocycles. The number of nitrogens with one attached hydrogen (secondary N) is 1. The number of rotatable bonds is 4. The molecule has 112 valence electrons. The van der Waals surface area contributed by atoms with Gasteiger partial charge in [0.05, 0.1) is 18.1 Å². The van der Waals surface area contributed by atoms with Gasteiger partial charge in [0.15, 0.2) is 5.65 Å². The van der Waals surface area contributed by atoms with Crippen LogP contribution in [0, 0.1) is 0 Å². The van der Waals surface area contributed by atoms with Gasteiger partial charge in [0.25, 0.3) is 0 Å². The van der Waals surface area contributed by atoms with Gasteiger partial charge in [-0.15, -0.1) is 0 Å². The Bertz CT molecular complexity index is 814. The van der Waals surface area contributed by atoms with Gasteiger partial charge in [-0.25, -0.2) is 14.8 Å². The van der Waals surface area contributed by atoms with Crippen LogP contribution < -0.4 is 0 Å². The molecule has 22 heavy (non-hydrogen) atoms. The van der Waals surface area contributed by atoms with Crippen molar-refractivity contribution in [2.24, 2.45) is 0 Å². The minimum absolute atomic E-state index is 0.343. The molecule has 1 aromatic carbocycles. The van der Waals surface area contributed by atoms with Gasteiger partial charge in [-0.1, -0.05) is 18.7 Å². The Balaban J connectivity index is 1.93. The molecular formula is C15H14N4O2S. The highest BCUT2D eigenvalue weighted by Gasteiger charge is 2.13. The second-order valence-corrected chi connectivity index (χ2v) is 5.61. The molecule has 0 bridgehead atoms. The van der Waals surface area contributed by atoms with Crippen LogP contribution in [0.15, 0.2) is 40.5 Å². The van der Waals surface area contributed by atoms with Crippen molar-refractivity contribution in [1.29, 1.82) is 0 Å². The molecule has 1 N–H and O–H groups in total. The maximum atomic E-state index is 11.4. The third kappa shape index (κ3) is 2.67. The summed E-state index contributed by atoms with van der Waals surface area (Å²) in [6, 6.07) is 7.22. The number of aromatic nitrogens is 4. The lowest BCUT2D eigenvalue weighted by Gasteiger charge is -2.04. The van der Waals surface area contributed by atoms with Crippen LogP contribution in [0.2, 0.25) is 0 Å². The summed E-state index contributed by atoms with van der Waals surface area (Å²) in [5, 5.41) is 8.98. The van der Waals surface area contributed by atoms with Gasteiger partial charge >= 0.3 is 5.97 Å². The van der Waals surface area contributed by atoms with E-state index in [1.165, 1.54) is 25.2 Å². The number of aromatic amines is 1. The zero-order valence-electron chi connectivity index (χ0n) is 12.2. The molecule has 0 atom stereocenters. The Morgan fingerprint density at radius 2 is 2.05 bits per heavy atom. The summed E-state index contributed by atoms with van der Waals surface area (Å²) in [4.78, 5) is 21.0. The average molecular weight is 314 g/mol. The van der Waals surface area contributed by atoms with Crippen molar-refractivity contribution in [3.8, 4) is 0 Å². The summed E-state index contributed by atoms with van der Waals surface area (Å²) in [6.07, 6.45) is 2.34. The van der Waals surface area contributed by atoms with E-state index in [0.717, 1.165) is 27.4 Å². The van der Waals surface area contributed by atoms with E-state index in [0.29, 0.717) is 11.2 Å². The molecule has 0 unspecified atom stereocenters. The van der Waals surface area contributed by atoms with E-state index >= 15 is 0 Å². The smallest absolute Gasteiger partial charge is 0.337 e. The first kappa shape index (κ1) is 14.5. The average Bonchev–Trinajstić information content (AvgIpc) is 2.99. The van der Waals surface area contributed by atoms with Gasteiger partial charge in [0, 0.05) is 10.6 Å². The summed E-state index contributed by atoms with van der Waals surface area (Å²) in [6.45, 7) is 2.06. The van der Waals surface area contributed by atoms with E-state index in [1.54, 1.807) is 12.1 Å². The highest BCUT2D eigenvalue weighted by atomic mass is 32.2. The summed E-state index contributed by atoms with van der Waals surface area (Å²) >= 11 is 1.52. The first-order valence-electron chi connectivity index (χ1n) is 6.77. The van der Waals surface area contributed by atoms with Crippen LogP contribution in [0.5, 0.6) is 0 Å². The van der Waals surface area contributed by atoms with E-state index in [1.807, 2.05) is 12.1 Å². The van der Waals surface area contributed by atoms with Crippen molar-refractivity contribution < 1.29 is 9.53 Å². The van der Waals surface area contributed by atoms with Gasteiger partial charge in [0.2, 0.25) is 0 Å². The molecule has 0 radical (unpaired) electrons. The van der Waals surface area contributed by atoms with Crippen LogP contribution in [0.4, 0.5) is 0 Å². The van der Waals surface area contributed by atoms with Gasteiger partial charge in [0.1, 0.15) is 11.4 Å². The molecule has 3 rings (SSSR count). The van der Waals surface area contributed by atoms with Crippen LogP contribution in [0.1, 0.15) is 23.0 Å². The molecule has 0 aliphatic heterocycles. The fourth-order valence-corrected chi connectivity index (χ4v) is 3.02. The Kier molecular flexibility index (Phi) is 4.06. The normalized spacial score (nSPS) is 10.8. The maximum absolute atomic E-state index is 11.4. The lowest BCUT2D eigenvalue weighted by molar-refractivity contribution is 0.0600. The molecule has 0 aliphatic carbocycles. The monoisotopic (exact) mass is 314 g/mol. The number of fused-ring (bicyclic) bond motifs is 1. The minimum atomic E-state index is -0.343. The third-order valence-electron chi connectivity index (χ3n) is 3.23. The number of hydrogen-bond acceptors (Lipinski definition) is 6. The number of hydrogen-bond donors (Lipinski definition) is 1. The molecular weight excluding hydrogens is 300 g/mol. The van der Waals surface area contributed by atoms with Crippen molar-refractivity contribution in [2.45, 2.75) is 23.3 Å². The summed E-state index contributed by atoms with van der Waals surface area (Å²) in [5.74, 6) is -0.343. The van der Waals surface area contributed by atoms with Crippen molar-refractivity contribution in [3.05, 3.63) is 41.9 Å². The van der Waals surface area contributed by atoms with Gasteiger partial charge < -0.3 is 4.74 Å². The van der Waals surface area contributed by atoms with E-state index in [9.17, 15) is 4.79 Å². The summed E-state index contributed by atoms with van der Waals surface area (Å²) < 4.78 is 4.69. The number of aryl methyl sites for hydroxylation is 1. The predicted octanol–water partition coefficient (Wildman–Crippen LogP) is 2.85. The van der Waals surface area contributed by atoms with Crippen LogP contribution >= 0.6 is 11.8 Å². The van der Waals surface area contributed by atoms with E-state index in [2.05, 4.69) is 27.1 Å². The molecule has 0 spiro atoms. The maximum Gasteiger partial charge on any atom is 0.337 e.